The Morgan fingerprint density at radius 3 is 2.29 bits per heavy atom. The maximum Gasteiger partial charge on any atom is 0.362 e. The summed E-state index contributed by atoms with van der Waals surface area (Å²) in [6.07, 6.45) is 0. The van der Waals surface area contributed by atoms with Crippen LogP contribution >= 0.6 is 0 Å². The van der Waals surface area contributed by atoms with Gasteiger partial charge in [-0.2, -0.15) is 0 Å². The van der Waals surface area contributed by atoms with Crippen LogP contribution in [0, 0.1) is 0 Å². The molecular weight excluding hydrogens is 402 g/mol. The minimum absolute atomic E-state index is 0.0617. The lowest BCUT2D eigenvalue weighted by Gasteiger charge is -2.10. The number of azo groups is 1. The molecule has 0 radical (unpaired) electrons. The van der Waals surface area contributed by atoms with Crippen LogP contribution in [0.4, 0.5) is 11.4 Å². The molecule has 31 heavy (non-hydrogen) atoms. The summed E-state index contributed by atoms with van der Waals surface area (Å²) in [4.78, 5) is 29.3. The van der Waals surface area contributed by atoms with Crippen molar-refractivity contribution < 1.29 is 29.0 Å². The Bertz CT molecular complexity index is 1110. The molecule has 158 valence electrons. The number of hydrogen-bond donors (Lipinski definition) is 2. The second-order valence-electron chi connectivity index (χ2n) is 6.13. The van der Waals surface area contributed by atoms with Crippen molar-refractivity contribution in [2.45, 2.75) is 0 Å². The Hall–Kier alpha value is -4.40. The molecular formula is C22H19N3O6. The average Bonchev–Trinajstić information content (AvgIpc) is 2.81. The number of phenolic OH excluding ortho intramolecular Hbond substituents is 1. The van der Waals surface area contributed by atoms with E-state index in [1.54, 1.807) is 48.5 Å². The van der Waals surface area contributed by atoms with Crippen molar-refractivity contribution in [2.75, 3.05) is 19.7 Å². The Morgan fingerprint density at radius 1 is 0.903 bits per heavy atom. The van der Waals surface area contributed by atoms with Gasteiger partial charge in [0.15, 0.2) is 11.5 Å². The summed E-state index contributed by atoms with van der Waals surface area (Å²) < 4.78 is 10.3. The number of phenols is 1. The molecule has 3 aromatic carbocycles. The third-order valence-electron chi connectivity index (χ3n) is 4.14. The highest BCUT2D eigenvalue weighted by atomic mass is 16.7. The van der Waals surface area contributed by atoms with Crippen LogP contribution in [-0.4, -0.2) is 31.2 Å². The first-order valence-corrected chi connectivity index (χ1v) is 9.05. The number of nitrogens with zero attached hydrogens (tertiary/aromatic N) is 2. The normalized spacial score (nSPS) is 10.5. The zero-order valence-electron chi connectivity index (χ0n) is 16.7. The van der Waals surface area contributed by atoms with E-state index in [0.717, 1.165) is 0 Å². The van der Waals surface area contributed by atoms with Gasteiger partial charge in [-0.15, -0.1) is 10.2 Å². The number of aromatic hydroxyl groups is 1. The van der Waals surface area contributed by atoms with E-state index in [1.165, 1.54) is 32.4 Å². The number of hydrogen-bond acceptors (Lipinski definition) is 8. The van der Waals surface area contributed by atoms with E-state index < -0.39 is 11.9 Å². The third kappa shape index (κ3) is 5.36. The monoisotopic (exact) mass is 421 g/mol. The number of benzene rings is 3. The molecule has 9 nitrogen and oxygen atoms in total. The molecule has 0 saturated carbocycles. The second kappa shape index (κ2) is 9.88. The maximum absolute atomic E-state index is 12.2. The zero-order chi connectivity index (χ0) is 22.2. The van der Waals surface area contributed by atoms with E-state index in [2.05, 4.69) is 15.7 Å². The Balaban J connectivity index is 1.59. The second-order valence-corrected chi connectivity index (χ2v) is 6.13. The summed E-state index contributed by atoms with van der Waals surface area (Å²) in [5.41, 5.74) is 3.77. The quantitative estimate of drug-likeness (QED) is 0.425. The molecule has 0 aliphatic rings. The number of carbonyl (C=O) groups excluding carboxylic acids is 2. The van der Waals surface area contributed by atoms with Crippen LogP contribution in [0.1, 0.15) is 20.7 Å². The molecule has 9 heteroatoms. The minimum Gasteiger partial charge on any atom is -0.507 e. The van der Waals surface area contributed by atoms with Gasteiger partial charge in [-0.3, -0.25) is 4.79 Å². The molecule has 0 saturated heterocycles. The molecule has 0 heterocycles. The zero-order valence-corrected chi connectivity index (χ0v) is 16.7. The molecule has 0 fully saturated rings. The summed E-state index contributed by atoms with van der Waals surface area (Å²) in [7, 11) is 2.97. The first kappa shape index (κ1) is 21.3. The van der Waals surface area contributed by atoms with E-state index in [1.807, 2.05) is 0 Å². The van der Waals surface area contributed by atoms with Gasteiger partial charge in [0.05, 0.1) is 36.7 Å². The number of carbonyl (C=O) groups is 2. The molecule has 0 unspecified atom stereocenters. The van der Waals surface area contributed by atoms with Gasteiger partial charge in [0.1, 0.15) is 5.75 Å². The highest BCUT2D eigenvalue weighted by Crippen LogP contribution is 2.28. The van der Waals surface area contributed by atoms with Crippen LogP contribution < -0.4 is 15.0 Å². The van der Waals surface area contributed by atoms with E-state index in [4.69, 9.17) is 14.3 Å². The van der Waals surface area contributed by atoms with Crippen molar-refractivity contribution in [1.29, 1.82) is 0 Å². The molecule has 3 aromatic rings. The Morgan fingerprint density at radius 2 is 1.61 bits per heavy atom. The smallest absolute Gasteiger partial charge is 0.362 e. The number of methoxy groups -OCH3 is 2. The van der Waals surface area contributed by atoms with Crippen LogP contribution in [0.15, 0.2) is 77.0 Å². The van der Waals surface area contributed by atoms with Gasteiger partial charge in [0, 0.05) is 0 Å². The lowest BCUT2D eigenvalue weighted by molar-refractivity contribution is 0.0596. The molecule has 0 aliphatic carbocycles. The Labute approximate surface area is 177 Å². The largest absolute Gasteiger partial charge is 0.507 e. The number of rotatable bonds is 7. The number of para-hydroxylation sites is 1. The lowest BCUT2D eigenvalue weighted by atomic mass is 10.2. The molecule has 0 aliphatic heterocycles. The fourth-order valence-electron chi connectivity index (χ4n) is 2.54. The van der Waals surface area contributed by atoms with Crippen molar-refractivity contribution in [3.8, 4) is 17.2 Å². The van der Waals surface area contributed by atoms with Crippen molar-refractivity contribution >= 4 is 23.3 Å². The fourth-order valence-corrected chi connectivity index (χ4v) is 2.54. The van der Waals surface area contributed by atoms with Gasteiger partial charge in [0.25, 0.3) is 5.91 Å². The Kier molecular flexibility index (Phi) is 6.79. The van der Waals surface area contributed by atoms with Crippen LogP contribution in [0.5, 0.6) is 17.2 Å². The predicted molar refractivity (Wildman–Crippen MR) is 112 cm³/mol. The molecule has 3 rings (SSSR count). The summed E-state index contributed by atoms with van der Waals surface area (Å²) in [6, 6.07) is 17.1. The molecule has 0 spiro atoms. The molecule has 0 atom stereocenters. The predicted octanol–water partition coefficient (Wildman–Crippen LogP) is 4.52. The maximum atomic E-state index is 12.2. The van der Waals surface area contributed by atoms with Gasteiger partial charge in [-0.05, 0) is 54.6 Å². The fraction of sp³-hybridized carbons (Fsp3) is 0.0909. The molecule has 2 N–H and O–H groups in total. The van der Waals surface area contributed by atoms with E-state index in [9.17, 15) is 14.7 Å². The molecule has 0 aromatic heterocycles. The van der Waals surface area contributed by atoms with Gasteiger partial charge in [-0.25, -0.2) is 10.3 Å². The van der Waals surface area contributed by atoms with Gasteiger partial charge in [0.2, 0.25) is 0 Å². The molecule has 0 bridgehead atoms. The van der Waals surface area contributed by atoms with Crippen LogP contribution in [0.2, 0.25) is 0 Å². The minimum atomic E-state index is -0.663. The van der Waals surface area contributed by atoms with Crippen molar-refractivity contribution in [1.82, 2.24) is 0 Å². The summed E-state index contributed by atoms with van der Waals surface area (Å²) in [6.45, 7) is 0. The highest BCUT2D eigenvalue weighted by molar-refractivity contribution is 5.97. The van der Waals surface area contributed by atoms with Gasteiger partial charge in [-0.1, -0.05) is 12.1 Å². The summed E-state index contributed by atoms with van der Waals surface area (Å²) in [5.74, 6) is -0.535. The summed E-state index contributed by atoms with van der Waals surface area (Å²) >= 11 is 0. The van der Waals surface area contributed by atoms with Gasteiger partial charge >= 0.3 is 5.97 Å². The molecule has 1 amide bonds. The topological polar surface area (TPSA) is 119 Å². The summed E-state index contributed by atoms with van der Waals surface area (Å²) in [5, 5.41) is 17.1. The van der Waals surface area contributed by atoms with Gasteiger partial charge < -0.3 is 19.4 Å². The first-order chi connectivity index (χ1) is 15.0. The number of anilines is 1. The highest BCUT2D eigenvalue weighted by Gasteiger charge is 2.12. The standard InChI is InChI=1S/C22H19N3O6/c1-29-19-12-7-14(13-20(19)30-2)22(28)31-25-16-10-8-15(9-11-16)23-24-21(27)17-5-3-4-6-18(17)26/h3-13,25-26H,1-2H3. The first-order valence-electron chi connectivity index (χ1n) is 9.05. The van der Waals surface area contributed by atoms with Crippen molar-refractivity contribution in [2.24, 2.45) is 10.2 Å². The lowest BCUT2D eigenvalue weighted by Crippen LogP contribution is -2.11. The number of nitrogens with one attached hydrogen (secondary N) is 1. The SMILES string of the molecule is COc1ccc(C(=O)ONc2ccc(N=NC(=O)c3ccccc3O)cc2)cc1OC. The number of ether oxygens (including phenoxy) is 2. The van der Waals surface area contributed by atoms with Crippen LogP contribution in [0.3, 0.4) is 0 Å². The van der Waals surface area contributed by atoms with Crippen molar-refractivity contribution in [3.63, 3.8) is 0 Å². The van der Waals surface area contributed by atoms with E-state index in [-0.39, 0.29) is 16.9 Å². The number of amides is 1. The van der Waals surface area contributed by atoms with Crippen LogP contribution in [-0.2, 0) is 4.84 Å². The van der Waals surface area contributed by atoms with Crippen molar-refractivity contribution in [3.05, 3.63) is 77.9 Å². The van der Waals surface area contributed by atoms with E-state index in [0.29, 0.717) is 22.9 Å². The van der Waals surface area contributed by atoms with E-state index >= 15 is 0 Å². The average molecular weight is 421 g/mol. The third-order valence-corrected chi connectivity index (χ3v) is 4.14. The van der Waals surface area contributed by atoms with Crippen LogP contribution in [0.25, 0.3) is 0 Å².